The number of nitrogens with one attached hydrogen (secondary N) is 1. The van der Waals surface area contributed by atoms with Gasteiger partial charge in [-0.05, 0) is 24.2 Å². The van der Waals surface area contributed by atoms with Crippen molar-refractivity contribution in [1.82, 2.24) is 9.97 Å². The third kappa shape index (κ3) is 2.73. The topological polar surface area (TPSA) is 75.1 Å². The Bertz CT molecular complexity index is 490. The van der Waals surface area contributed by atoms with E-state index < -0.39 is 11.8 Å². The molecule has 1 aliphatic carbocycles. The molecule has 0 radical (unpaired) electrons. The molecule has 0 bridgehead atoms. The highest BCUT2D eigenvalue weighted by atomic mass is 19.1. The van der Waals surface area contributed by atoms with Gasteiger partial charge in [0.25, 0.3) is 0 Å². The van der Waals surface area contributed by atoms with Crippen LogP contribution in [0.3, 0.4) is 0 Å². The number of rotatable bonds is 3. The largest absolute Gasteiger partial charge is 0.481 e. The second kappa shape index (κ2) is 5.34. The minimum absolute atomic E-state index is 0.0889. The highest BCUT2D eigenvalue weighted by molar-refractivity contribution is 5.71. The van der Waals surface area contributed by atoms with Crippen molar-refractivity contribution in [2.45, 2.75) is 39.7 Å². The fourth-order valence-corrected chi connectivity index (χ4v) is 3.00. The molecule has 3 unspecified atom stereocenters. The zero-order valence-corrected chi connectivity index (χ0v) is 11.9. The molecule has 110 valence electrons. The summed E-state index contributed by atoms with van der Waals surface area (Å²) < 4.78 is 12.8. The number of carboxylic acids is 1. The Morgan fingerprint density at radius 2 is 2.00 bits per heavy atom. The molecule has 0 amide bonds. The van der Waals surface area contributed by atoms with Gasteiger partial charge in [-0.2, -0.15) is 0 Å². The Balaban J connectivity index is 2.11. The van der Waals surface area contributed by atoms with Crippen molar-refractivity contribution >= 4 is 11.9 Å². The van der Waals surface area contributed by atoms with Gasteiger partial charge in [0.1, 0.15) is 0 Å². The third-order valence-electron chi connectivity index (χ3n) is 4.67. The predicted octanol–water partition coefficient (Wildman–Crippen LogP) is 2.55. The fourth-order valence-electron chi connectivity index (χ4n) is 3.00. The van der Waals surface area contributed by atoms with E-state index in [0.717, 1.165) is 18.8 Å². The van der Waals surface area contributed by atoms with Gasteiger partial charge in [0, 0.05) is 6.04 Å². The zero-order chi connectivity index (χ0) is 14.9. The lowest BCUT2D eigenvalue weighted by Gasteiger charge is -2.46. The lowest BCUT2D eigenvalue weighted by atomic mass is 9.61. The van der Waals surface area contributed by atoms with Gasteiger partial charge in [-0.1, -0.05) is 20.8 Å². The number of anilines is 1. The van der Waals surface area contributed by atoms with Crippen molar-refractivity contribution in [1.29, 1.82) is 0 Å². The van der Waals surface area contributed by atoms with Crippen LogP contribution in [0.15, 0.2) is 12.4 Å². The summed E-state index contributed by atoms with van der Waals surface area (Å²) in [7, 11) is 0. The van der Waals surface area contributed by atoms with Crippen molar-refractivity contribution in [2.24, 2.45) is 17.3 Å². The van der Waals surface area contributed by atoms with Crippen molar-refractivity contribution < 1.29 is 14.3 Å². The molecule has 1 aromatic rings. The molecular weight excluding hydrogens is 261 g/mol. The van der Waals surface area contributed by atoms with Crippen molar-refractivity contribution in [3.8, 4) is 0 Å². The third-order valence-corrected chi connectivity index (χ3v) is 4.67. The summed E-state index contributed by atoms with van der Waals surface area (Å²) in [5.41, 5.74) is -0.318. The Labute approximate surface area is 117 Å². The second-order valence-electron chi connectivity index (χ2n) is 6.05. The highest BCUT2D eigenvalue weighted by Gasteiger charge is 2.46. The Morgan fingerprint density at radius 3 is 2.55 bits per heavy atom. The van der Waals surface area contributed by atoms with E-state index in [9.17, 15) is 14.3 Å². The van der Waals surface area contributed by atoms with Crippen LogP contribution in [0.5, 0.6) is 0 Å². The van der Waals surface area contributed by atoms with Crippen LogP contribution in [0.25, 0.3) is 0 Å². The first-order valence-electron chi connectivity index (χ1n) is 6.79. The lowest BCUT2D eigenvalue weighted by Crippen LogP contribution is -2.48. The SMILES string of the molecule is CC1C(Nc2ncc(F)cn2)CCC(C(=O)O)C1(C)C. The smallest absolute Gasteiger partial charge is 0.307 e. The molecule has 1 fully saturated rings. The van der Waals surface area contributed by atoms with Crippen LogP contribution in [0.1, 0.15) is 33.6 Å². The summed E-state index contributed by atoms with van der Waals surface area (Å²) in [5, 5.41) is 12.5. The molecule has 20 heavy (non-hydrogen) atoms. The van der Waals surface area contributed by atoms with E-state index >= 15 is 0 Å². The lowest BCUT2D eigenvalue weighted by molar-refractivity contribution is -0.149. The number of aliphatic carboxylic acids is 1. The molecule has 1 aliphatic rings. The Morgan fingerprint density at radius 1 is 1.40 bits per heavy atom. The molecule has 6 heteroatoms. The van der Waals surface area contributed by atoms with E-state index in [1.165, 1.54) is 0 Å². The maximum atomic E-state index is 12.8. The van der Waals surface area contributed by atoms with E-state index in [1.54, 1.807) is 0 Å². The maximum absolute atomic E-state index is 12.8. The first kappa shape index (κ1) is 14.7. The van der Waals surface area contributed by atoms with Gasteiger partial charge >= 0.3 is 5.97 Å². The van der Waals surface area contributed by atoms with Crippen LogP contribution in [-0.2, 0) is 4.79 Å². The van der Waals surface area contributed by atoms with E-state index in [2.05, 4.69) is 15.3 Å². The summed E-state index contributed by atoms with van der Waals surface area (Å²) >= 11 is 0. The molecule has 2 N–H and O–H groups in total. The van der Waals surface area contributed by atoms with Crippen molar-refractivity contribution in [3.63, 3.8) is 0 Å². The van der Waals surface area contributed by atoms with Gasteiger partial charge in [-0.25, -0.2) is 14.4 Å². The van der Waals surface area contributed by atoms with Crippen molar-refractivity contribution in [2.75, 3.05) is 5.32 Å². The average Bonchev–Trinajstić information content (AvgIpc) is 2.37. The molecule has 3 atom stereocenters. The molecule has 1 aromatic heterocycles. The predicted molar refractivity (Wildman–Crippen MR) is 72.7 cm³/mol. The Hall–Kier alpha value is -1.72. The van der Waals surface area contributed by atoms with E-state index in [-0.39, 0.29) is 23.3 Å². The first-order valence-corrected chi connectivity index (χ1v) is 6.79. The molecule has 2 rings (SSSR count). The van der Waals surface area contributed by atoms with E-state index in [1.807, 2.05) is 20.8 Å². The summed E-state index contributed by atoms with van der Waals surface area (Å²) in [6.45, 7) is 6.00. The molecule has 1 saturated carbocycles. The van der Waals surface area contributed by atoms with Crippen LogP contribution >= 0.6 is 0 Å². The van der Waals surface area contributed by atoms with Crippen LogP contribution in [-0.4, -0.2) is 27.1 Å². The van der Waals surface area contributed by atoms with Gasteiger partial charge in [-0.15, -0.1) is 0 Å². The number of carbonyl (C=O) groups is 1. The van der Waals surface area contributed by atoms with Crippen LogP contribution in [0, 0.1) is 23.1 Å². The molecule has 1 heterocycles. The standard InChI is InChI=1S/C14H20FN3O2/c1-8-11(18-13-16-6-9(15)7-17-13)5-4-10(12(19)20)14(8,2)3/h6-8,10-11H,4-5H2,1-3H3,(H,19,20)(H,16,17,18). The van der Waals surface area contributed by atoms with Gasteiger partial charge < -0.3 is 10.4 Å². The molecule has 0 aromatic carbocycles. The summed E-state index contributed by atoms with van der Waals surface area (Å²) in [5.74, 6) is -1.03. The molecular formula is C14H20FN3O2. The first-order chi connectivity index (χ1) is 9.32. The molecule has 5 nitrogen and oxygen atoms in total. The molecule has 0 aliphatic heterocycles. The number of halogens is 1. The van der Waals surface area contributed by atoms with Crippen LogP contribution < -0.4 is 5.32 Å². The normalized spacial score (nSPS) is 28.9. The fraction of sp³-hybridized carbons (Fsp3) is 0.643. The molecule has 0 spiro atoms. The maximum Gasteiger partial charge on any atom is 0.307 e. The summed E-state index contributed by atoms with van der Waals surface area (Å²) in [6.07, 6.45) is 3.59. The number of aromatic nitrogens is 2. The number of carboxylic acid groups (broad SMARTS) is 1. The molecule has 0 saturated heterocycles. The quantitative estimate of drug-likeness (QED) is 0.890. The Kier molecular flexibility index (Phi) is 3.92. The zero-order valence-electron chi connectivity index (χ0n) is 11.9. The van der Waals surface area contributed by atoms with E-state index in [4.69, 9.17) is 0 Å². The van der Waals surface area contributed by atoms with Gasteiger partial charge in [0.15, 0.2) is 5.82 Å². The highest BCUT2D eigenvalue weighted by Crippen LogP contribution is 2.45. The minimum Gasteiger partial charge on any atom is -0.481 e. The van der Waals surface area contributed by atoms with Gasteiger partial charge in [-0.3, -0.25) is 4.79 Å². The monoisotopic (exact) mass is 281 g/mol. The summed E-state index contributed by atoms with van der Waals surface area (Å²) in [6, 6.07) is 0.0889. The summed E-state index contributed by atoms with van der Waals surface area (Å²) in [4.78, 5) is 19.1. The number of hydrogen-bond donors (Lipinski definition) is 2. The second-order valence-corrected chi connectivity index (χ2v) is 6.05. The van der Waals surface area contributed by atoms with Crippen LogP contribution in [0.4, 0.5) is 10.3 Å². The number of nitrogens with zero attached hydrogens (tertiary/aromatic N) is 2. The van der Waals surface area contributed by atoms with Crippen LogP contribution in [0.2, 0.25) is 0 Å². The van der Waals surface area contributed by atoms with Crippen molar-refractivity contribution in [3.05, 3.63) is 18.2 Å². The number of hydrogen-bond acceptors (Lipinski definition) is 4. The van der Waals surface area contributed by atoms with Gasteiger partial charge in [0.2, 0.25) is 5.95 Å². The average molecular weight is 281 g/mol. The minimum atomic E-state index is -0.738. The van der Waals surface area contributed by atoms with E-state index in [0.29, 0.717) is 12.4 Å². The van der Waals surface area contributed by atoms with Gasteiger partial charge in [0.05, 0.1) is 18.3 Å².